The maximum absolute atomic E-state index is 10.8. The molecule has 0 unspecified atom stereocenters. The van der Waals surface area contributed by atoms with Gasteiger partial charge in [0.15, 0.2) is 0 Å². The average molecular weight is 326 g/mol. The second-order valence-electron chi connectivity index (χ2n) is 4.11. The second kappa shape index (κ2) is 5.05. The average Bonchev–Trinajstić information content (AvgIpc) is 2.82. The van der Waals surface area contributed by atoms with Gasteiger partial charge < -0.3 is 14.4 Å². The van der Waals surface area contributed by atoms with Crippen LogP contribution < -0.4 is 4.74 Å². The topological polar surface area (TPSA) is 72.6 Å². The Morgan fingerprint density at radius 3 is 2.58 bits per heavy atom. The van der Waals surface area contributed by atoms with E-state index in [0.717, 1.165) is 21.2 Å². The molecule has 5 nitrogen and oxygen atoms in total. The highest BCUT2D eigenvalue weighted by Gasteiger charge is 2.20. The van der Waals surface area contributed by atoms with Crippen LogP contribution in [0.2, 0.25) is 0 Å². The molecule has 19 heavy (non-hydrogen) atoms. The lowest BCUT2D eigenvalue weighted by Gasteiger charge is -2.13. The number of carboxylic acids is 1. The van der Waals surface area contributed by atoms with Crippen LogP contribution in [0.4, 0.5) is 0 Å². The molecule has 2 rings (SSSR count). The number of ether oxygens (including phenoxy) is 1. The number of aromatic nitrogens is 1. The molecule has 1 aromatic carbocycles. The number of aromatic carboxylic acids is 1. The molecule has 1 aromatic heterocycles. The van der Waals surface area contributed by atoms with Gasteiger partial charge in [-0.05, 0) is 40.9 Å². The third-order valence-corrected chi connectivity index (χ3v) is 3.77. The summed E-state index contributed by atoms with van der Waals surface area (Å²) in [5.74, 6) is -0.738. The number of carbonyl (C=O) groups is 1. The van der Waals surface area contributed by atoms with Gasteiger partial charge in [-0.15, -0.1) is 0 Å². The fraction of sp³-hybridized carbons (Fsp3) is 0.231. The second-order valence-corrected chi connectivity index (χ2v) is 4.91. The predicted octanol–water partition coefficient (Wildman–Crippen LogP) is 3.43. The fourth-order valence-corrected chi connectivity index (χ4v) is 2.41. The Kier molecular flexibility index (Phi) is 3.61. The quantitative estimate of drug-likeness (QED) is 0.935. The summed E-state index contributed by atoms with van der Waals surface area (Å²) in [7, 11) is 1.56. The van der Waals surface area contributed by atoms with E-state index < -0.39 is 5.97 Å². The van der Waals surface area contributed by atoms with Crippen molar-refractivity contribution in [3.05, 3.63) is 33.5 Å². The van der Waals surface area contributed by atoms with Crippen LogP contribution in [0, 0.1) is 13.8 Å². The Morgan fingerprint density at radius 2 is 2.05 bits per heavy atom. The first kappa shape index (κ1) is 13.6. The summed E-state index contributed by atoms with van der Waals surface area (Å²) in [5, 5.41) is 12.7. The number of rotatable bonds is 3. The molecule has 2 aromatic rings. The van der Waals surface area contributed by atoms with Crippen LogP contribution in [0.25, 0.3) is 11.3 Å². The lowest BCUT2D eigenvalue weighted by atomic mass is 10.0. The minimum absolute atomic E-state index is 0.201. The first-order valence-corrected chi connectivity index (χ1v) is 6.29. The summed E-state index contributed by atoms with van der Waals surface area (Å²) in [5.41, 5.74) is 3.12. The number of hydrogen-bond donors (Lipinski definition) is 1. The molecule has 0 radical (unpaired) electrons. The van der Waals surface area contributed by atoms with Crippen molar-refractivity contribution < 1.29 is 19.2 Å². The summed E-state index contributed by atoms with van der Waals surface area (Å²) < 4.78 is 11.0. The van der Waals surface area contributed by atoms with E-state index in [4.69, 9.17) is 14.4 Å². The Bertz CT molecular complexity index is 648. The molecule has 0 atom stereocenters. The minimum Gasteiger partial charge on any atom is -0.495 e. The normalized spacial score (nSPS) is 10.5. The third-order valence-electron chi connectivity index (χ3n) is 2.78. The number of carboxylic acid groups (broad SMARTS) is 1. The molecule has 0 saturated carbocycles. The van der Waals surface area contributed by atoms with Crippen molar-refractivity contribution in [2.75, 3.05) is 7.11 Å². The zero-order valence-corrected chi connectivity index (χ0v) is 12.2. The Balaban J connectivity index is 2.66. The van der Waals surface area contributed by atoms with E-state index in [2.05, 4.69) is 21.1 Å². The molecule has 0 aliphatic carbocycles. The molecular weight excluding hydrogens is 314 g/mol. The molecular formula is C13H12BrNO4. The highest BCUT2D eigenvalue weighted by Crippen LogP contribution is 2.40. The van der Waals surface area contributed by atoms with E-state index in [1.54, 1.807) is 7.11 Å². The Labute approximate surface area is 118 Å². The Hall–Kier alpha value is -1.82. The van der Waals surface area contributed by atoms with Gasteiger partial charge in [0.1, 0.15) is 11.4 Å². The largest absolute Gasteiger partial charge is 0.495 e. The summed E-state index contributed by atoms with van der Waals surface area (Å²) >= 11 is 3.46. The van der Waals surface area contributed by atoms with Gasteiger partial charge in [0.25, 0.3) is 0 Å². The highest BCUT2D eigenvalue weighted by molar-refractivity contribution is 9.10. The standard InChI is InChI=1S/C13H12BrNO4/c1-6-4-7(2)11(14)12(18-3)10(6)8-5-9(13(16)17)19-15-8/h4-5H,1-3H3,(H,16,17). The van der Waals surface area contributed by atoms with Crippen LogP contribution in [0.15, 0.2) is 21.1 Å². The molecule has 0 spiro atoms. The third kappa shape index (κ3) is 2.35. The summed E-state index contributed by atoms with van der Waals surface area (Å²) in [6.45, 7) is 3.86. The van der Waals surface area contributed by atoms with Crippen molar-refractivity contribution in [1.29, 1.82) is 0 Å². The SMILES string of the molecule is COc1c(Br)c(C)cc(C)c1-c1cc(C(=O)O)on1. The van der Waals surface area contributed by atoms with Crippen LogP contribution in [0.1, 0.15) is 21.7 Å². The molecule has 6 heteroatoms. The van der Waals surface area contributed by atoms with Crippen molar-refractivity contribution >= 4 is 21.9 Å². The fourth-order valence-electron chi connectivity index (χ4n) is 1.93. The van der Waals surface area contributed by atoms with E-state index in [1.165, 1.54) is 6.07 Å². The maximum Gasteiger partial charge on any atom is 0.374 e. The molecule has 0 aliphatic heterocycles. The molecule has 1 heterocycles. The monoisotopic (exact) mass is 325 g/mol. The number of benzene rings is 1. The molecule has 1 N–H and O–H groups in total. The van der Waals surface area contributed by atoms with Crippen molar-refractivity contribution in [2.45, 2.75) is 13.8 Å². The smallest absolute Gasteiger partial charge is 0.374 e. The van der Waals surface area contributed by atoms with Gasteiger partial charge in [0, 0.05) is 11.6 Å². The van der Waals surface area contributed by atoms with Gasteiger partial charge >= 0.3 is 5.97 Å². The zero-order chi connectivity index (χ0) is 14.2. The highest BCUT2D eigenvalue weighted by atomic mass is 79.9. The van der Waals surface area contributed by atoms with Crippen LogP contribution >= 0.6 is 15.9 Å². The van der Waals surface area contributed by atoms with Crippen molar-refractivity contribution in [1.82, 2.24) is 5.16 Å². The van der Waals surface area contributed by atoms with Crippen molar-refractivity contribution in [2.24, 2.45) is 0 Å². The lowest BCUT2D eigenvalue weighted by molar-refractivity contribution is 0.0652. The van der Waals surface area contributed by atoms with Crippen molar-refractivity contribution in [3.63, 3.8) is 0 Å². The van der Waals surface area contributed by atoms with Crippen LogP contribution in [0.3, 0.4) is 0 Å². The minimum atomic E-state index is -1.15. The number of aryl methyl sites for hydroxylation is 2. The molecule has 0 saturated heterocycles. The van der Waals surface area contributed by atoms with E-state index in [-0.39, 0.29) is 5.76 Å². The first-order chi connectivity index (χ1) is 8.95. The van der Waals surface area contributed by atoms with Gasteiger partial charge in [-0.25, -0.2) is 4.79 Å². The first-order valence-electron chi connectivity index (χ1n) is 5.49. The summed E-state index contributed by atoms with van der Waals surface area (Å²) in [4.78, 5) is 10.8. The van der Waals surface area contributed by atoms with Crippen molar-refractivity contribution in [3.8, 4) is 17.0 Å². The number of nitrogens with zero attached hydrogens (tertiary/aromatic N) is 1. The maximum atomic E-state index is 10.8. The van der Waals surface area contributed by atoms with E-state index in [1.807, 2.05) is 19.9 Å². The van der Waals surface area contributed by atoms with Gasteiger partial charge in [0.2, 0.25) is 5.76 Å². The molecule has 0 amide bonds. The molecule has 100 valence electrons. The molecule has 0 bridgehead atoms. The van der Waals surface area contributed by atoms with Crippen LogP contribution in [-0.2, 0) is 0 Å². The summed E-state index contributed by atoms with van der Waals surface area (Å²) in [6.07, 6.45) is 0. The van der Waals surface area contributed by atoms with E-state index >= 15 is 0 Å². The van der Waals surface area contributed by atoms with Gasteiger partial charge in [-0.3, -0.25) is 0 Å². The predicted molar refractivity (Wildman–Crippen MR) is 72.6 cm³/mol. The number of halogens is 1. The van der Waals surface area contributed by atoms with E-state index in [9.17, 15) is 4.79 Å². The number of hydrogen-bond acceptors (Lipinski definition) is 4. The number of methoxy groups -OCH3 is 1. The van der Waals surface area contributed by atoms with Gasteiger partial charge in [-0.2, -0.15) is 0 Å². The van der Waals surface area contributed by atoms with Gasteiger partial charge in [0.05, 0.1) is 11.6 Å². The zero-order valence-electron chi connectivity index (χ0n) is 10.7. The molecule has 0 aliphatic rings. The van der Waals surface area contributed by atoms with E-state index in [0.29, 0.717) is 11.4 Å². The van der Waals surface area contributed by atoms with Crippen LogP contribution in [0.5, 0.6) is 5.75 Å². The lowest BCUT2D eigenvalue weighted by Crippen LogP contribution is -1.95. The van der Waals surface area contributed by atoms with Gasteiger partial charge in [-0.1, -0.05) is 11.2 Å². The summed E-state index contributed by atoms with van der Waals surface area (Å²) in [6, 6.07) is 3.35. The van der Waals surface area contributed by atoms with Crippen LogP contribution in [-0.4, -0.2) is 23.3 Å². The Morgan fingerprint density at radius 1 is 1.37 bits per heavy atom. The molecule has 0 fully saturated rings.